The van der Waals surface area contributed by atoms with Crippen LogP contribution in [0.1, 0.15) is 31.6 Å². The Hall–Kier alpha value is -2.50. The number of H-pyrrole nitrogens is 1. The van der Waals surface area contributed by atoms with Crippen LogP contribution in [0.5, 0.6) is 0 Å². The Morgan fingerprint density at radius 3 is 1.94 bits per heavy atom. The lowest BCUT2D eigenvalue weighted by molar-refractivity contribution is 0.0914. The van der Waals surface area contributed by atoms with Gasteiger partial charge in [0.05, 0.1) is 0 Å². The van der Waals surface area contributed by atoms with Crippen molar-refractivity contribution in [2.75, 3.05) is 0 Å². The summed E-state index contributed by atoms with van der Waals surface area (Å²) in [5.74, 6) is 11.8. The van der Waals surface area contributed by atoms with Gasteiger partial charge in [0.2, 0.25) is 0 Å². The van der Waals surface area contributed by atoms with E-state index in [-0.39, 0.29) is 17.2 Å². The van der Waals surface area contributed by atoms with Gasteiger partial charge in [0.1, 0.15) is 5.69 Å². The van der Waals surface area contributed by atoms with Crippen LogP contribution in [0.4, 0.5) is 0 Å². The summed E-state index contributed by atoms with van der Waals surface area (Å²) < 4.78 is 0. The summed E-state index contributed by atoms with van der Waals surface area (Å²) in [7, 11) is 0. The lowest BCUT2D eigenvalue weighted by atomic mass is 10.3. The van der Waals surface area contributed by atoms with Crippen LogP contribution >= 0.6 is 0 Å². The Bertz CT molecular complexity index is 432. The molecule has 0 aliphatic carbocycles. The molecule has 0 saturated heterocycles. The topological polar surface area (TPSA) is 194 Å². The second-order valence-corrected chi connectivity index (χ2v) is 2.73. The van der Waals surface area contributed by atoms with Gasteiger partial charge in [0.25, 0.3) is 11.8 Å². The predicted molar refractivity (Wildman–Crippen MR) is 53.5 cm³/mol. The number of amides is 3. The third kappa shape index (κ3) is 2.36. The second kappa shape index (κ2) is 5.02. The van der Waals surface area contributed by atoms with Crippen LogP contribution in [0.15, 0.2) is 0 Å². The van der Waals surface area contributed by atoms with Crippen molar-refractivity contribution in [2.24, 2.45) is 17.5 Å². The number of carbonyl (C=O) groups excluding carboxylic acids is 3. The molecule has 17 heavy (non-hydrogen) atoms. The summed E-state index contributed by atoms with van der Waals surface area (Å²) in [5, 5.41) is 0. The molecule has 0 saturated carbocycles. The molecule has 0 spiro atoms. The molecule has 0 bridgehead atoms. The van der Waals surface area contributed by atoms with Crippen molar-refractivity contribution >= 4 is 17.7 Å². The van der Waals surface area contributed by atoms with E-state index in [0.717, 1.165) is 0 Å². The number of imidazole rings is 1. The predicted octanol–water partition coefficient (Wildman–Crippen LogP) is -3.78. The van der Waals surface area contributed by atoms with Crippen molar-refractivity contribution in [3.63, 3.8) is 0 Å². The first-order valence-electron chi connectivity index (χ1n) is 4.18. The number of aromatic amines is 1. The summed E-state index contributed by atoms with van der Waals surface area (Å²) in [6.45, 7) is 0. The monoisotopic (exact) mass is 242 g/mol. The van der Waals surface area contributed by atoms with Crippen LogP contribution in [-0.2, 0) is 0 Å². The number of hydrogen-bond donors (Lipinski definition) is 7. The quantitative estimate of drug-likeness (QED) is 0.160. The normalized spacial score (nSPS) is 9.59. The number of hydrogen-bond acceptors (Lipinski definition) is 7. The highest BCUT2D eigenvalue weighted by Gasteiger charge is 2.24. The molecule has 11 nitrogen and oxygen atoms in total. The lowest BCUT2D eigenvalue weighted by Crippen LogP contribution is -2.35. The molecule has 1 rings (SSSR count). The van der Waals surface area contributed by atoms with E-state index < -0.39 is 17.7 Å². The van der Waals surface area contributed by atoms with Crippen LogP contribution in [0, 0.1) is 0 Å². The molecule has 10 N–H and O–H groups in total. The summed E-state index contributed by atoms with van der Waals surface area (Å²) in [4.78, 5) is 39.6. The van der Waals surface area contributed by atoms with Crippen LogP contribution in [0.2, 0.25) is 0 Å². The fraction of sp³-hybridized carbons (Fsp3) is 0. The molecule has 1 aromatic rings. The Balaban J connectivity index is 3.26. The molecule has 1 aromatic heterocycles. The van der Waals surface area contributed by atoms with Gasteiger partial charge in [0, 0.05) is 0 Å². The zero-order valence-electron chi connectivity index (χ0n) is 8.40. The first-order valence-corrected chi connectivity index (χ1v) is 4.18. The molecule has 0 radical (unpaired) electrons. The summed E-state index contributed by atoms with van der Waals surface area (Å²) in [5.41, 5.74) is 4.63. The van der Waals surface area contributed by atoms with E-state index >= 15 is 0 Å². The third-order valence-electron chi connectivity index (χ3n) is 1.75. The molecule has 92 valence electrons. The largest absolute Gasteiger partial charge is 0.329 e. The fourth-order valence-electron chi connectivity index (χ4n) is 1.02. The van der Waals surface area contributed by atoms with E-state index in [2.05, 4.69) is 9.97 Å². The average molecular weight is 242 g/mol. The van der Waals surface area contributed by atoms with Gasteiger partial charge in [-0.2, -0.15) is 0 Å². The molecule has 0 aliphatic heterocycles. The zero-order chi connectivity index (χ0) is 13.0. The van der Waals surface area contributed by atoms with Gasteiger partial charge >= 0.3 is 5.91 Å². The maximum Gasteiger partial charge on any atom is 0.300 e. The number of nitrogen functional groups attached to an aromatic ring is 3. The third-order valence-corrected chi connectivity index (χ3v) is 1.75. The highest BCUT2D eigenvalue weighted by molar-refractivity contribution is 6.06. The standard InChI is InChI=1S/C6H10N8O3/c7-12-4(15)1-2(5(16)13-8)11-3(10-1)6(17)14-9/h7-9H2,(H,10,11)(H,12,15)(H,13,16)(H,14,17). The van der Waals surface area contributed by atoms with Crippen LogP contribution in [0.25, 0.3) is 0 Å². The van der Waals surface area contributed by atoms with E-state index in [1.165, 1.54) is 0 Å². The van der Waals surface area contributed by atoms with Crippen LogP contribution in [-0.4, -0.2) is 27.7 Å². The smallest absolute Gasteiger partial charge is 0.300 e. The fourth-order valence-corrected chi connectivity index (χ4v) is 1.02. The Morgan fingerprint density at radius 2 is 1.47 bits per heavy atom. The van der Waals surface area contributed by atoms with Crippen molar-refractivity contribution in [3.8, 4) is 0 Å². The summed E-state index contributed by atoms with van der Waals surface area (Å²) in [6.07, 6.45) is 0. The van der Waals surface area contributed by atoms with E-state index in [9.17, 15) is 14.4 Å². The first-order chi connectivity index (χ1) is 8.04. The maximum absolute atomic E-state index is 11.3. The van der Waals surface area contributed by atoms with Crippen molar-refractivity contribution < 1.29 is 14.4 Å². The second-order valence-electron chi connectivity index (χ2n) is 2.73. The Kier molecular flexibility index (Phi) is 3.71. The van der Waals surface area contributed by atoms with E-state index in [1.54, 1.807) is 16.3 Å². The molecule has 0 unspecified atom stereocenters. The van der Waals surface area contributed by atoms with Gasteiger partial charge < -0.3 is 4.98 Å². The first kappa shape index (κ1) is 12.6. The van der Waals surface area contributed by atoms with Crippen molar-refractivity contribution in [1.82, 2.24) is 26.2 Å². The van der Waals surface area contributed by atoms with Gasteiger partial charge in [0.15, 0.2) is 11.5 Å². The van der Waals surface area contributed by atoms with Gasteiger partial charge in [-0.3, -0.25) is 30.7 Å². The Morgan fingerprint density at radius 1 is 0.941 bits per heavy atom. The maximum atomic E-state index is 11.3. The van der Waals surface area contributed by atoms with Crippen molar-refractivity contribution in [3.05, 3.63) is 17.2 Å². The molecular weight excluding hydrogens is 232 g/mol. The minimum Gasteiger partial charge on any atom is -0.329 e. The molecule has 1 heterocycles. The minimum atomic E-state index is -0.865. The number of hydrazine groups is 3. The zero-order valence-corrected chi connectivity index (χ0v) is 8.40. The Labute approximate surface area is 94.0 Å². The number of nitrogens with zero attached hydrogens (tertiary/aromatic N) is 1. The van der Waals surface area contributed by atoms with E-state index in [4.69, 9.17) is 17.5 Å². The lowest BCUT2D eigenvalue weighted by Gasteiger charge is -1.98. The highest BCUT2D eigenvalue weighted by Crippen LogP contribution is 2.06. The minimum absolute atomic E-state index is 0.311. The summed E-state index contributed by atoms with van der Waals surface area (Å²) in [6, 6.07) is 0. The van der Waals surface area contributed by atoms with Gasteiger partial charge in [-0.1, -0.05) is 0 Å². The number of aromatic nitrogens is 2. The van der Waals surface area contributed by atoms with Crippen LogP contribution < -0.4 is 33.8 Å². The van der Waals surface area contributed by atoms with E-state index in [1.807, 2.05) is 0 Å². The van der Waals surface area contributed by atoms with Crippen molar-refractivity contribution in [2.45, 2.75) is 0 Å². The average Bonchev–Trinajstić information content (AvgIpc) is 2.80. The molecule has 0 fully saturated rings. The number of nitrogens with one attached hydrogen (secondary N) is 4. The van der Waals surface area contributed by atoms with E-state index in [0.29, 0.717) is 0 Å². The SMILES string of the molecule is NNC(=O)c1nc(C(=O)NN)c(C(=O)NN)[nH]1. The number of rotatable bonds is 3. The van der Waals surface area contributed by atoms with Gasteiger partial charge in [-0.15, -0.1) is 0 Å². The molecule has 3 amide bonds. The van der Waals surface area contributed by atoms with Crippen LogP contribution in [0.3, 0.4) is 0 Å². The van der Waals surface area contributed by atoms with Crippen molar-refractivity contribution in [1.29, 1.82) is 0 Å². The highest BCUT2D eigenvalue weighted by atomic mass is 16.2. The molecular formula is C6H10N8O3. The molecule has 11 heteroatoms. The molecule has 0 aromatic carbocycles. The number of nitrogens with two attached hydrogens (primary N) is 3. The molecule has 0 aliphatic rings. The molecule has 0 atom stereocenters. The number of carbonyl (C=O) groups is 3. The summed E-state index contributed by atoms with van der Waals surface area (Å²) >= 11 is 0. The van der Waals surface area contributed by atoms with Gasteiger partial charge in [-0.05, 0) is 0 Å². The van der Waals surface area contributed by atoms with Gasteiger partial charge in [-0.25, -0.2) is 22.5 Å².